The quantitative estimate of drug-likeness (QED) is 0.451. The van der Waals surface area contributed by atoms with Crippen molar-refractivity contribution in [1.82, 2.24) is 18.7 Å². The normalized spacial score (nSPS) is 15.7. The predicted octanol–water partition coefficient (Wildman–Crippen LogP) is 4.74. The van der Waals surface area contributed by atoms with Crippen LogP contribution in [0.4, 0.5) is 8.78 Å². The first-order chi connectivity index (χ1) is 16.0. The fourth-order valence-electron chi connectivity index (χ4n) is 4.82. The van der Waals surface area contributed by atoms with Crippen molar-refractivity contribution in [3.8, 4) is 5.69 Å². The minimum atomic E-state index is -1.07. The van der Waals surface area contributed by atoms with Gasteiger partial charge in [0.1, 0.15) is 0 Å². The summed E-state index contributed by atoms with van der Waals surface area (Å²) in [4.78, 5) is 31.7. The van der Waals surface area contributed by atoms with Crippen LogP contribution < -0.4 is 11.2 Å². The van der Waals surface area contributed by atoms with Crippen LogP contribution in [0.25, 0.3) is 16.9 Å². The second kappa shape index (κ2) is 8.42. The Morgan fingerprint density at radius 3 is 2.39 bits per heavy atom. The van der Waals surface area contributed by atoms with Gasteiger partial charge in [-0.1, -0.05) is 49.6 Å². The predicted molar refractivity (Wildman–Crippen MR) is 122 cm³/mol. The van der Waals surface area contributed by atoms with Gasteiger partial charge in [0, 0.05) is 12.1 Å². The number of rotatable bonds is 4. The molecule has 170 valence electrons. The number of imidazole rings is 1. The van der Waals surface area contributed by atoms with Crippen LogP contribution in [-0.4, -0.2) is 18.7 Å². The van der Waals surface area contributed by atoms with Gasteiger partial charge in [-0.05, 0) is 37.5 Å². The fraction of sp³-hybridized carbons (Fsp3) is 0.320. The van der Waals surface area contributed by atoms with Gasteiger partial charge in [-0.25, -0.2) is 23.1 Å². The highest BCUT2D eigenvalue weighted by Gasteiger charge is 2.26. The molecule has 4 aromatic rings. The molecule has 2 aromatic carbocycles. The first-order valence-electron chi connectivity index (χ1n) is 11.2. The third kappa shape index (κ3) is 3.59. The Kier molecular flexibility index (Phi) is 5.44. The minimum Gasteiger partial charge on any atom is -0.317 e. The summed E-state index contributed by atoms with van der Waals surface area (Å²) in [7, 11) is 0. The van der Waals surface area contributed by atoms with Gasteiger partial charge in [0.15, 0.2) is 22.8 Å². The molecule has 2 heterocycles. The molecule has 0 amide bonds. The lowest BCUT2D eigenvalue weighted by atomic mass is 9.95. The molecule has 0 N–H and O–H groups in total. The Morgan fingerprint density at radius 2 is 1.70 bits per heavy atom. The zero-order chi connectivity index (χ0) is 23.1. The molecule has 0 spiro atoms. The number of hydrogen-bond acceptors (Lipinski definition) is 3. The summed E-state index contributed by atoms with van der Waals surface area (Å²) in [6, 6.07) is 12.5. The highest BCUT2D eigenvalue weighted by Crippen LogP contribution is 2.28. The second-order valence-electron chi connectivity index (χ2n) is 8.59. The fourth-order valence-corrected chi connectivity index (χ4v) is 4.82. The molecule has 0 saturated heterocycles. The Bertz CT molecular complexity index is 1430. The standard InChI is InChI=1S/C25H24F2N4O2/c1-16(17-8-4-2-5-9-17)29-15-28-23-22(29)24(32)31(18-10-6-3-7-11-18)25(33)30(23)19-12-13-20(26)21(27)14-19/h2,4-5,8-9,12-16,18H,3,6-7,10-11H2,1H3/t16-/m0/s1. The molecular formula is C25H24F2N4O2. The molecule has 0 radical (unpaired) electrons. The summed E-state index contributed by atoms with van der Waals surface area (Å²) in [6.07, 6.45) is 5.90. The van der Waals surface area contributed by atoms with E-state index in [1.54, 1.807) is 4.57 Å². The maximum atomic E-state index is 14.1. The van der Waals surface area contributed by atoms with E-state index in [4.69, 9.17) is 0 Å². The maximum Gasteiger partial charge on any atom is 0.337 e. The first-order valence-corrected chi connectivity index (χ1v) is 11.2. The molecule has 2 aromatic heterocycles. The van der Waals surface area contributed by atoms with Gasteiger partial charge in [0.2, 0.25) is 0 Å². The van der Waals surface area contributed by atoms with Gasteiger partial charge in [0.05, 0.1) is 18.1 Å². The molecule has 1 saturated carbocycles. The lowest BCUT2D eigenvalue weighted by Crippen LogP contribution is -2.43. The zero-order valence-corrected chi connectivity index (χ0v) is 18.2. The number of halogens is 2. The van der Waals surface area contributed by atoms with Crippen LogP contribution in [-0.2, 0) is 0 Å². The number of benzene rings is 2. The Labute approximate surface area is 188 Å². The van der Waals surface area contributed by atoms with Crippen molar-refractivity contribution in [2.24, 2.45) is 0 Å². The third-order valence-electron chi connectivity index (χ3n) is 6.61. The van der Waals surface area contributed by atoms with E-state index >= 15 is 0 Å². The summed E-state index contributed by atoms with van der Waals surface area (Å²) in [5, 5.41) is 0. The zero-order valence-electron chi connectivity index (χ0n) is 18.2. The van der Waals surface area contributed by atoms with Gasteiger partial charge >= 0.3 is 5.69 Å². The largest absolute Gasteiger partial charge is 0.337 e. The molecule has 33 heavy (non-hydrogen) atoms. The molecule has 6 nitrogen and oxygen atoms in total. The number of nitrogens with zero attached hydrogens (tertiary/aromatic N) is 4. The number of hydrogen-bond donors (Lipinski definition) is 0. The van der Waals surface area contributed by atoms with Crippen molar-refractivity contribution in [2.75, 3.05) is 0 Å². The van der Waals surface area contributed by atoms with Gasteiger partial charge in [0.25, 0.3) is 5.56 Å². The molecule has 5 rings (SSSR count). The van der Waals surface area contributed by atoms with Crippen LogP contribution >= 0.6 is 0 Å². The lowest BCUT2D eigenvalue weighted by Gasteiger charge is -2.24. The SMILES string of the molecule is C[C@@H](c1ccccc1)n1cnc2c1c(=O)n(C1CCCCC1)c(=O)n2-c1ccc(F)c(F)c1. The van der Waals surface area contributed by atoms with Crippen molar-refractivity contribution in [3.63, 3.8) is 0 Å². The third-order valence-corrected chi connectivity index (χ3v) is 6.61. The van der Waals surface area contributed by atoms with E-state index in [9.17, 15) is 18.4 Å². The smallest absolute Gasteiger partial charge is 0.317 e. The Balaban J connectivity index is 1.82. The van der Waals surface area contributed by atoms with E-state index in [1.165, 1.54) is 21.5 Å². The summed E-state index contributed by atoms with van der Waals surface area (Å²) >= 11 is 0. The second-order valence-corrected chi connectivity index (χ2v) is 8.59. The molecule has 0 unspecified atom stereocenters. The monoisotopic (exact) mass is 450 g/mol. The summed E-state index contributed by atoms with van der Waals surface area (Å²) in [5.74, 6) is -2.08. The molecule has 1 atom stereocenters. The van der Waals surface area contributed by atoms with Gasteiger partial charge in [-0.3, -0.25) is 9.36 Å². The van der Waals surface area contributed by atoms with Crippen LogP contribution in [0.15, 0.2) is 64.4 Å². The van der Waals surface area contributed by atoms with Crippen molar-refractivity contribution in [3.05, 3.63) is 92.9 Å². The van der Waals surface area contributed by atoms with Crippen molar-refractivity contribution < 1.29 is 8.78 Å². The van der Waals surface area contributed by atoms with Crippen LogP contribution in [0.1, 0.15) is 56.7 Å². The summed E-state index contributed by atoms with van der Waals surface area (Å²) in [6.45, 7) is 1.95. The summed E-state index contributed by atoms with van der Waals surface area (Å²) < 4.78 is 32.0. The molecule has 1 aliphatic rings. The van der Waals surface area contributed by atoms with Gasteiger partial charge in [-0.2, -0.15) is 0 Å². The van der Waals surface area contributed by atoms with E-state index in [-0.39, 0.29) is 28.9 Å². The average molecular weight is 450 g/mol. The molecular weight excluding hydrogens is 426 g/mol. The average Bonchev–Trinajstić information content (AvgIpc) is 3.27. The minimum absolute atomic E-state index is 0.130. The molecule has 1 aliphatic carbocycles. The van der Waals surface area contributed by atoms with E-state index in [2.05, 4.69) is 4.98 Å². The van der Waals surface area contributed by atoms with E-state index in [1.807, 2.05) is 37.3 Å². The first kappa shape index (κ1) is 21.3. The van der Waals surface area contributed by atoms with Crippen LogP contribution in [0.5, 0.6) is 0 Å². The van der Waals surface area contributed by atoms with Gasteiger partial charge < -0.3 is 4.57 Å². The Hall–Kier alpha value is -3.55. The van der Waals surface area contributed by atoms with Crippen LogP contribution in [0.2, 0.25) is 0 Å². The number of fused-ring (bicyclic) bond motifs is 1. The molecule has 0 aliphatic heterocycles. The van der Waals surface area contributed by atoms with Crippen molar-refractivity contribution in [1.29, 1.82) is 0 Å². The summed E-state index contributed by atoms with van der Waals surface area (Å²) in [5.41, 5.74) is 0.521. The van der Waals surface area contributed by atoms with Crippen LogP contribution in [0, 0.1) is 11.6 Å². The highest BCUT2D eigenvalue weighted by atomic mass is 19.2. The molecule has 8 heteroatoms. The molecule has 0 bridgehead atoms. The van der Waals surface area contributed by atoms with E-state index < -0.39 is 22.9 Å². The highest BCUT2D eigenvalue weighted by molar-refractivity contribution is 5.73. The lowest BCUT2D eigenvalue weighted by molar-refractivity contribution is 0.335. The van der Waals surface area contributed by atoms with Crippen LogP contribution in [0.3, 0.4) is 0 Å². The molecule has 1 fully saturated rings. The number of aromatic nitrogens is 4. The van der Waals surface area contributed by atoms with E-state index in [0.717, 1.165) is 49.8 Å². The maximum absolute atomic E-state index is 14.1. The Morgan fingerprint density at radius 1 is 0.970 bits per heavy atom. The van der Waals surface area contributed by atoms with Crippen molar-refractivity contribution >= 4 is 11.2 Å². The van der Waals surface area contributed by atoms with E-state index in [0.29, 0.717) is 0 Å². The topological polar surface area (TPSA) is 61.8 Å². The van der Waals surface area contributed by atoms with Crippen molar-refractivity contribution in [2.45, 2.75) is 51.1 Å². The van der Waals surface area contributed by atoms with Gasteiger partial charge in [-0.15, -0.1) is 0 Å².